The smallest absolute Gasteiger partial charge is 0.303 e. The van der Waals surface area contributed by atoms with Gasteiger partial charge in [-0.2, -0.15) is 0 Å². The Morgan fingerprint density at radius 2 is 1.14 bits per heavy atom. The van der Waals surface area contributed by atoms with E-state index in [0.717, 1.165) is 32.1 Å². The second kappa shape index (κ2) is 13.6. The van der Waals surface area contributed by atoms with Crippen LogP contribution in [-0.4, -0.2) is 22.2 Å². The predicted octanol–water partition coefficient (Wildman–Crippen LogP) is 5.11. The van der Waals surface area contributed by atoms with Gasteiger partial charge in [0.1, 0.15) is 0 Å². The van der Waals surface area contributed by atoms with Gasteiger partial charge in [-0.15, -0.1) is 0 Å². The Morgan fingerprint density at radius 1 is 0.682 bits per heavy atom. The third kappa shape index (κ3) is 13.9. The molecule has 0 saturated heterocycles. The lowest BCUT2D eigenvalue weighted by Crippen LogP contribution is -2.11. The summed E-state index contributed by atoms with van der Waals surface area (Å²) in [7, 11) is 0. The molecule has 0 bridgehead atoms. The Morgan fingerprint density at radius 3 is 1.59 bits per heavy atom. The van der Waals surface area contributed by atoms with Crippen molar-refractivity contribution in [1.82, 2.24) is 0 Å². The van der Waals surface area contributed by atoms with E-state index < -0.39 is 11.9 Å². The summed E-state index contributed by atoms with van der Waals surface area (Å²) < 4.78 is 0. The van der Waals surface area contributed by atoms with Crippen LogP contribution in [0.25, 0.3) is 0 Å². The molecule has 1 atom stereocenters. The lowest BCUT2D eigenvalue weighted by atomic mass is 9.86. The summed E-state index contributed by atoms with van der Waals surface area (Å²) in [5, 5.41) is 17.3. The molecule has 4 nitrogen and oxygen atoms in total. The topological polar surface area (TPSA) is 74.6 Å². The summed E-state index contributed by atoms with van der Waals surface area (Å²) in [4.78, 5) is 21.0. The Hall–Kier alpha value is -1.06. The first-order valence-corrected chi connectivity index (χ1v) is 8.87. The van der Waals surface area contributed by atoms with Crippen molar-refractivity contribution in [3.8, 4) is 0 Å². The monoisotopic (exact) mass is 314 g/mol. The van der Waals surface area contributed by atoms with Gasteiger partial charge in [-0.05, 0) is 24.7 Å². The SMILES string of the molecule is CC(C)C(CCCCCCCCCCC(=O)O)CCC(=O)O. The van der Waals surface area contributed by atoms with Crippen molar-refractivity contribution in [3.63, 3.8) is 0 Å². The van der Waals surface area contributed by atoms with E-state index in [-0.39, 0.29) is 0 Å². The molecule has 130 valence electrons. The van der Waals surface area contributed by atoms with E-state index in [9.17, 15) is 9.59 Å². The van der Waals surface area contributed by atoms with Gasteiger partial charge in [-0.25, -0.2) is 0 Å². The summed E-state index contributed by atoms with van der Waals surface area (Å²) in [5.41, 5.74) is 0. The molecule has 0 rings (SSSR count). The number of hydrogen-bond acceptors (Lipinski definition) is 2. The summed E-state index contributed by atoms with van der Waals surface area (Å²) in [6.07, 6.45) is 11.6. The van der Waals surface area contributed by atoms with Crippen LogP contribution in [0.15, 0.2) is 0 Å². The van der Waals surface area contributed by atoms with Crippen molar-refractivity contribution in [2.24, 2.45) is 11.8 Å². The first kappa shape index (κ1) is 20.9. The van der Waals surface area contributed by atoms with Crippen LogP contribution in [0.2, 0.25) is 0 Å². The Kier molecular flexibility index (Phi) is 12.9. The van der Waals surface area contributed by atoms with E-state index in [0.29, 0.717) is 24.7 Å². The van der Waals surface area contributed by atoms with Gasteiger partial charge in [0.25, 0.3) is 0 Å². The second-order valence-electron chi connectivity index (χ2n) is 6.70. The molecule has 0 aromatic carbocycles. The fourth-order valence-electron chi connectivity index (χ4n) is 2.86. The molecule has 0 amide bonds. The van der Waals surface area contributed by atoms with Gasteiger partial charge in [-0.3, -0.25) is 9.59 Å². The Bertz CT molecular complexity index is 299. The van der Waals surface area contributed by atoms with Crippen LogP contribution < -0.4 is 0 Å². The van der Waals surface area contributed by atoms with Crippen molar-refractivity contribution >= 4 is 11.9 Å². The zero-order chi connectivity index (χ0) is 16.8. The summed E-state index contributed by atoms with van der Waals surface area (Å²) in [5.74, 6) is -0.281. The molecule has 0 spiro atoms. The maximum atomic E-state index is 10.7. The summed E-state index contributed by atoms with van der Waals surface area (Å²) in [6, 6.07) is 0. The van der Waals surface area contributed by atoms with Crippen molar-refractivity contribution in [3.05, 3.63) is 0 Å². The van der Waals surface area contributed by atoms with Crippen LogP contribution in [0.5, 0.6) is 0 Å². The quantitative estimate of drug-likeness (QED) is 0.412. The minimum Gasteiger partial charge on any atom is -0.481 e. The first-order valence-electron chi connectivity index (χ1n) is 8.87. The van der Waals surface area contributed by atoms with Crippen LogP contribution >= 0.6 is 0 Å². The van der Waals surface area contributed by atoms with Crippen LogP contribution in [0.1, 0.15) is 90.9 Å². The molecule has 0 heterocycles. The molecule has 0 fully saturated rings. The van der Waals surface area contributed by atoms with Gasteiger partial charge in [-0.1, -0.05) is 65.2 Å². The van der Waals surface area contributed by atoms with Gasteiger partial charge < -0.3 is 10.2 Å². The van der Waals surface area contributed by atoms with Gasteiger partial charge in [0, 0.05) is 12.8 Å². The fraction of sp³-hybridized carbons (Fsp3) is 0.889. The molecule has 0 aromatic heterocycles. The van der Waals surface area contributed by atoms with Crippen molar-refractivity contribution in [2.75, 3.05) is 0 Å². The summed E-state index contributed by atoms with van der Waals surface area (Å²) in [6.45, 7) is 4.37. The third-order valence-electron chi connectivity index (χ3n) is 4.39. The lowest BCUT2D eigenvalue weighted by molar-refractivity contribution is -0.138. The maximum Gasteiger partial charge on any atom is 0.303 e. The van der Waals surface area contributed by atoms with Crippen LogP contribution in [0.3, 0.4) is 0 Å². The Labute approximate surface area is 135 Å². The molecule has 0 aromatic rings. The van der Waals surface area contributed by atoms with E-state index in [1.54, 1.807) is 0 Å². The molecule has 4 heteroatoms. The van der Waals surface area contributed by atoms with E-state index >= 15 is 0 Å². The standard InChI is InChI=1S/C18H34O4/c1-15(2)16(13-14-18(21)22)11-9-7-5-3-4-6-8-10-12-17(19)20/h15-16H,3-14H2,1-2H3,(H,19,20)(H,21,22). The van der Waals surface area contributed by atoms with Gasteiger partial charge in [0.2, 0.25) is 0 Å². The second-order valence-corrected chi connectivity index (χ2v) is 6.70. The lowest BCUT2D eigenvalue weighted by Gasteiger charge is -2.19. The van der Waals surface area contributed by atoms with E-state index in [1.165, 1.54) is 32.1 Å². The minimum atomic E-state index is -0.692. The number of carbonyl (C=O) groups is 2. The fourth-order valence-corrected chi connectivity index (χ4v) is 2.86. The molecule has 0 aliphatic rings. The molecular formula is C18H34O4. The molecule has 1 unspecified atom stereocenters. The molecule has 2 N–H and O–H groups in total. The average molecular weight is 314 g/mol. The van der Waals surface area contributed by atoms with Crippen LogP contribution in [0, 0.1) is 11.8 Å². The highest BCUT2D eigenvalue weighted by Gasteiger charge is 2.14. The van der Waals surface area contributed by atoms with Crippen LogP contribution in [0.4, 0.5) is 0 Å². The number of unbranched alkanes of at least 4 members (excludes halogenated alkanes) is 7. The highest BCUT2D eigenvalue weighted by atomic mass is 16.4. The van der Waals surface area contributed by atoms with Crippen molar-refractivity contribution in [1.29, 1.82) is 0 Å². The largest absolute Gasteiger partial charge is 0.481 e. The third-order valence-corrected chi connectivity index (χ3v) is 4.39. The van der Waals surface area contributed by atoms with E-state index in [1.807, 2.05) is 0 Å². The normalized spacial score (nSPS) is 12.5. The van der Waals surface area contributed by atoms with Crippen molar-refractivity contribution < 1.29 is 19.8 Å². The first-order chi connectivity index (χ1) is 10.4. The molecular weight excluding hydrogens is 280 g/mol. The number of aliphatic carboxylic acids is 2. The Balaban J connectivity index is 3.45. The average Bonchev–Trinajstić information content (AvgIpc) is 2.42. The van der Waals surface area contributed by atoms with Crippen molar-refractivity contribution in [2.45, 2.75) is 90.9 Å². The minimum absolute atomic E-state index is 0.291. The maximum absolute atomic E-state index is 10.7. The number of hydrogen-bond donors (Lipinski definition) is 2. The zero-order valence-electron chi connectivity index (χ0n) is 14.4. The van der Waals surface area contributed by atoms with Gasteiger partial charge >= 0.3 is 11.9 Å². The highest BCUT2D eigenvalue weighted by molar-refractivity contribution is 5.66. The van der Waals surface area contributed by atoms with E-state index in [2.05, 4.69) is 13.8 Å². The van der Waals surface area contributed by atoms with Crippen LogP contribution in [-0.2, 0) is 9.59 Å². The summed E-state index contributed by atoms with van der Waals surface area (Å²) >= 11 is 0. The number of carboxylic acid groups (broad SMARTS) is 2. The molecule has 0 aliphatic heterocycles. The zero-order valence-corrected chi connectivity index (χ0v) is 14.4. The number of carboxylic acids is 2. The van der Waals surface area contributed by atoms with Gasteiger partial charge in [0.05, 0.1) is 0 Å². The van der Waals surface area contributed by atoms with Gasteiger partial charge in [0.15, 0.2) is 0 Å². The molecule has 0 saturated carbocycles. The molecule has 0 radical (unpaired) electrons. The molecule has 0 aliphatic carbocycles. The van der Waals surface area contributed by atoms with E-state index in [4.69, 9.17) is 10.2 Å². The predicted molar refractivity (Wildman–Crippen MR) is 89.0 cm³/mol. The highest BCUT2D eigenvalue weighted by Crippen LogP contribution is 2.24. The molecule has 22 heavy (non-hydrogen) atoms. The number of rotatable bonds is 15.